The second-order valence-electron chi connectivity index (χ2n) is 4.88. The summed E-state index contributed by atoms with van der Waals surface area (Å²) in [5, 5.41) is 18.2. The maximum Gasteiger partial charge on any atom is 0.416 e. The first-order valence-corrected chi connectivity index (χ1v) is 6.69. The van der Waals surface area contributed by atoms with Crippen molar-refractivity contribution in [2.75, 3.05) is 0 Å². The van der Waals surface area contributed by atoms with Crippen LogP contribution in [-0.4, -0.2) is 19.9 Å². The van der Waals surface area contributed by atoms with Crippen molar-refractivity contribution in [2.45, 2.75) is 6.18 Å². The van der Waals surface area contributed by atoms with Gasteiger partial charge in [-0.3, -0.25) is 10.1 Å². The minimum atomic E-state index is -4.47. The Morgan fingerprint density at radius 1 is 1.08 bits per heavy atom. The Labute approximate surface area is 133 Å². The van der Waals surface area contributed by atoms with Crippen LogP contribution in [-0.2, 0) is 6.18 Å². The van der Waals surface area contributed by atoms with Crippen molar-refractivity contribution < 1.29 is 18.1 Å². The average Bonchev–Trinajstić information content (AvgIpc) is 3.04. The summed E-state index contributed by atoms with van der Waals surface area (Å²) in [5.41, 5.74) is 0.268. The van der Waals surface area contributed by atoms with Crippen LogP contribution < -0.4 is 0 Å². The molecule has 0 aliphatic carbocycles. The molecule has 1 heterocycles. The van der Waals surface area contributed by atoms with E-state index >= 15 is 0 Å². The van der Waals surface area contributed by atoms with E-state index in [4.69, 9.17) is 0 Å². The van der Waals surface area contributed by atoms with Gasteiger partial charge in [0.25, 0.3) is 5.69 Å². The van der Waals surface area contributed by atoms with Crippen LogP contribution in [0.1, 0.15) is 5.56 Å². The molecule has 0 fully saturated rings. The molecule has 0 aliphatic rings. The lowest BCUT2D eigenvalue weighted by atomic mass is 10.1. The van der Waals surface area contributed by atoms with E-state index in [0.29, 0.717) is 11.3 Å². The molecule has 0 unspecified atom stereocenters. The standard InChI is InChI=1S/C15H9F3N4O2/c16-15(17,18)11-2-1-3-13(8-11)21-14(9-19-20-21)10-4-6-12(7-5-10)22(23)24/h1-9H. The van der Waals surface area contributed by atoms with Gasteiger partial charge in [-0.2, -0.15) is 13.2 Å². The van der Waals surface area contributed by atoms with Crippen molar-refractivity contribution in [2.24, 2.45) is 0 Å². The lowest BCUT2D eigenvalue weighted by molar-refractivity contribution is -0.384. The number of benzene rings is 2. The molecule has 122 valence electrons. The van der Waals surface area contributed by atoms with Crippen molar-refractivity contribution in [1.29, 1.82) is 0 Å². The van der Waals surface area contributed by atoms with Gasteiger partial charge in [0.1, 0.15) is 0 Å². The maximum absolute atomic E-state index is 12.8. The topological polar surface area (TPSA) is 73.8 Å². The van der Waals surface area contributed by atoms with Crippen molar-refractivity contribution in [1.82, 2.24) is 15.0 Å². The van der Waals surface area contributed by atoms with E-state index in [2.05, 4.69) is 10.3 Å². The lowest BCUT2D eigenvalue weighted by Crippen LogP contribution is -2.07. The third kappa shape index (κ3) is 2.96. The first-order valence-electron chi connectivity index (χ1n) is 6.69. The van der Waals surface area contributed by atoms with Crippen LogP contribution in [0.15, 0.2) is 54.7 Å². The van der Waals surface area contributed by atoms with Crippen LogP contribution in [0.2, 0.25) is 0 Å². The van der Waals surface area contributed by atoms with Gasteiger partial charge in [0.2, 0.25) is 0 Å². The lowest BCUT2D eigenvalue weighted by Gasteiger charge is -2.10. The number of alkyl halides is 3. The number of aromatic nitrogens is 3. The Morgan fingerprint density at radius 3 is 2.42 bits per heavy atom. The number of nitro groups is 1. The second-order valence-corrected chi connectivity index (χ2v) is 4.88. The van der Waals surface area contributed by atoms with E-state index in [1.165, 1.54) is 47.3 Å². The zero-order chi connectivity index (χ0) is 17.3. The summed E-state index contributed by atoms with van der Waals surface area (Å²) in [7, 11) is 0. The molecule has 9 heteroatoms. The van der Waals surface area contributed by atoms with Gasteiger partial charge in [-0.25, -0.2) is 4.68 Å². The number of hydrogen-bond acceptors (Lipinski definition) is 4. The molecular weight excluding hydrogens is 325 g/mol. The van der Waals surface area contributed by atoms with E-state index in [1.54, 1.807) is 0 Å². The highest BCUT2D eigenvalue weighted by molar-refractivity contribution is 5.62. The molecule has 2 aromatic carbocycles. The summed E-state index contributed by atoms with van der Waals surface area (Å²) in [6.07, 6.45) is -3.09. The van der Waals surface area contributed by atoms with Crippen LogP contribution in [0.5, 0.6) is 0 Å². The van der Waals surface area contributed by atoms with Gasteiger partial charge in [-0.1, -0.05) is 11.3 Å². The highest BCUT2D eigenvalue weighted by atomic mass is 19.4. The Hall–Kier alpha value is -3.23. The molecule has 3 aromatic rings. The first-order chi connectivity index (χ1) is 11.4. The molecule has 24 heavy (non-hydrogen) atoms. The van der Waals surface area contributed by atoms with Crippen molar-refractivity contribution in [3.63, 3.8) is 0 Å². The average molecular weight is 334 g/mol. The molecule has 0 radical (unpaired) electrons. The summed E-state index contributed by atoms with van der Waals surface area (Å²) < 4.78 is 39.8. The van der Waals surface area contributed by atoms with Crippen LogP contribution in [0.25, 0.3) is 16.9 Å². The molecule has 6 nitrogen and oxygen atoms in total. The smallest absolute Gasteiger partial charge is 0.258 e. The fourth-order valence-electron chi connectivity index (χ4n) is 2.19. The van der Waals surface area contributed by atoms with E-state index in [1.807, 2.05) is 0 Å². The summed E-state index contributed by atoms with van der Waals surface area (Å²) in [5.74, 6) is 0. The largest absolute Gasteiger partial charge is 0.416 e. The van der Waals surface area contributed by atoms with Gasteiger partial charge in [0.15, 0.2) is 0 Å². The monoisotopic (exact) mass is 334 g/mol. The zero-order valence-electron chi connectivity index (χ0n) is 11.9. The van der Waals surface area contributed by atoms with Crippen LogP contribution >= 0.6 is 0 Å². The Bertz CT molecular complexity index is 888. The Kier molecular flexibility index (Phi) is 3.76. The fraction of sp³-hybridized carbons (Fsp3) is 0.0667. The Morgan fingerprint density at radius 2 is 1.79 bits per heavy atom. The normalized spacial score (nSPS) is 11.5. The quantitative estimate of drug-likeness (QED) is 0.538. The molecular formula is C15H9F3N4O2. The number of non-ortho nitro benzene ring substituents is 1. The maximum atomic E-state index is 12.8. The number of halogens is 3. The molecule has 0 saturated carbocycles. The van der Waals surface area contributed by atoms with Crippen LogP contribution in [0.4, 0.5) is 18.9 Å². The van der Waals surface area contributed by atoms with Gasteiger partial charge in [0, 0.05) is 17.7 Å². The zero-order valence-corrected chi connectivity index (χ0v) is 11.9. The second kappa shape index (κ2) is 5.76. The molecule has 0 spiro atoms. The third-order valence-corrected chi connectivity index (χ3v) is 3.34. The summed E-state index contributed by atoms with van der Waals surface area (Å²) in [6, 6.07) is 10.3. The molecule has 1 aromatic heterocycles. The molecule has 0 saturated heterocycles. The van der Waals surface area contributed by atoms with Crippen molar-refractivity contribution in [3.05, 3.63) is 70.4 Å². The minimum Gasteiger partial charge on any atom is -0.258 e. The molecule has 0 amide bonds. The van der Waals surface area contributed by atoms with Crippen molar-refractivity contribution >= 4 is 5.69 Å². The Balaban J connectivity index is 2.03. The van der Waals surface area contributed by atoms with Crippen molar-refractivity contribution in [3.8, 4) is 16.9 Å². The first kappa shape index (κ1) is 15.7. The number of nitrogens with zero attached hydrogens (tertiary/aromatic N) is 4. The van der Waals surface area contributed by atoms with E-state index in [9.17, 15) is 23.3 Å². The summed E-state index contributed by atoms with van der Waals surface area (Å²) in [4.78, 5) is 10.2. The van der Waals surface area contributed by atoms with Gasteiger partial charge in [0.05, 0.1) is 28.1 Å². The molecule has 0 atom stereocenters. The minimum absolute atomic E-state index is 0.0863. The number of hydrogen-bond donors (Lipinski definition) is 0. The van der Waals surface area contributed by atoms with E-state index < -0.39 is 16.7 Å². The van der Waals surface area contributed by atoms with Crippen LogP contribution in [0, 0.1) is 10.1 Å². The summed E-state index contributed by atoms with van der Waals surface area (Å²) >= 11 is 0. The summed E-state index contributed by atoms with van der Waals surface area (Å²) in [6.45, 7) is 0. The molecule has 0 aliphatic heterocycles. The van der Waals surface area contributed by atoms with Crippen LogP contribution in [0.3, 0.4) is 0 Å². The van der Waals surface area contributed by atoms with Gasteiger partial charge < -0.3 is 0 Å². The van der Waals surface area contributed by atoms with E-state index in [0.717, 1.165) is 12.1 Å². The molecule has 0 N–H and O–H groups in total. The number of nitro benzene ring substituents is 1. The molecule has 3 rings (SSSR count). The van der Waals surface area contributed by atoms with Gasteiger partial charge in [-0.15, -0.1) is 5.10 Å². The van der Waals surface area contributed by atoms with Gasteiger partial charge in [-0.05, 0) is 30.3 Å². The predicted octanol–water partition coefficient (Wildman–Crippen LogP) is 3.86. The fourth-order valence-corrected chi connectivity index (χ4v) is 2.19. The number of rotatable bonds is 3. The highest BCUT2D eigenvalue weighted by Crippen LogP contribution is 2.31. The SMILES string of the molecule is O=[N+]([O-])c1ccc(-c2cnnn2-c2cccc(C(F)(F)F)c2)cc1. The predicted molar refractivity (Wildman–Crippen MR) is 78.5 cm³/mol. The van der Waals surface area contributed by atoms with E-state index in [-0.39, 0.29) is 11.4 Å². The van der Waals surface area contributed by atoms with Gasteiger partial charge >= 0.3 is 6.18 Å². The molecule has 0 bridgehead atoms. The highest BCUT2D eigenvalue weighted by Gasteiger charge is 2.30. The third-order valence-electron chi connectivity index (χ3n) is 3.34.